The van der Waals surface area contributed by atoms with Gasteiger partial charge in [-0.05, 0) is 24.6 Å². The van der Waals surface area contributed by atoms with Crippen LogP contribution in [0.4, 0.5) is 10.7 Å². The van der Waals surface area contributed by atoms with Gasteiger partial charge in [0.15, 0.2) is 0 Å². The van der Waals surface area contributed by atoms with Crippen molar-refractivity contribution in [1.29, 1.82) is 0 Å². The highest BCUT2D eigenvalue weighted by Gasteiger charge is 2.09. The Balaban J connectivity index is 1.87. The van der Waals surface area contributed by atoms with E-state index in [0.717, 1.165) is 16.6 Å². The van der Waals surface area contributed by atoms with Gasteiger partial charge in [-0.2, -0.15) is 0 Å². The number of amides is 1. The minimum Gasteiger partial charge on any atom is -0.467 e. The Kier molecular flexibility index (Phi) is 4.05. The number of ether oxygens (including phenoxy) is 2. The summed E-state index contributed by atoms with van der Waals surface area (Å²) in [6.07, 6.45) is 2.81. The summed E-state index contributed by atoms with van der Waals surface area (Å²) in [4.78, 5) is 26.9. The van der Waals surface area contributed by atoms with Gasteiger partial charge in [-0.15, -0.1) is 0 Å². The number of nitrogens with zero attached hydrogens (tertiary/aromatic N) is 3. The van der Waals surface area contributed by atoms with Crippen molar-refractivity contribution in [2.75, 3.05) is 19.0 Å². The van der Waals surface area contributed by atoms with E-state index in [2.05, 4.69) is 25.3 Å². The summed E-state index contributed by atoms with van der Waals surface area (Å²) in [5, 5.41) is 2.54. The van der Waals surface area contributed by atoms with E-state index in [1.54, 1.807) is 19.3 Å². The molecular weight excluding hydrogens is 298 g/mol. The zero-order valence-electron chi connectivity index (χ0n) is 12.7. The maximum absolute atomic E-state index is 11.4. The molecule has 0 saturated heterocycles. The summed E-state index contributed by atoms with van der Waals surface area (Å²) in [5.41, 5.74) is 3.27. The largest absolute Gasteiger partial charge is 0.467 e. The highest BCUT2D eigenvalue weighted by molar-refractivity contribution is 5.88. The van der Waals surface area contributed by atoms with E-state index in [1.165, 1.54) is 7.11 Å². The second kappa shape index (κ2) is 6.30. The van der Waals surface area contributed by atoms with Crippen LogP contribution in [-0.4, -0.2) is 39.7 Å². The first kappa shape index (κ1) is 14.8. The number of rotatable bonds is 4. The zero-order chi connectivity index (χ0) is 16.2. The maximum atomic E-state index is 11.4. The number of anilines is 1. The number of H-pyrrole nitrogens is 1. The average molecular weight is 313 g/mol. The number of hydrogen-bond donors (Lipinski definition) is 2. The number of aromatic nitrogens is 4. The Labute approximate surface area is 131 Å². The van der Waals surface area contributed by atoms with Crippen LogP contribution in [0.25, 0.3) is 22.2 Å². The standard InChI is InChI=1S/C15H15N5O3/c1-3-23-15(21)20-13-18-11-5-4-9(6-12(11)19-13)10-7-16-14(22-2)17-8-10/h4-8H,3H2,1-2H3,(H2,18,19,20,21). The number of aromatic amines is 1. The molecule has 3 rings (SSSR count). The van der Waals surface area contributed by atoms with Crippen LogP contribution in [-0.2, 0) is 4.74 Å². The third-order valence-corrected chi connectivity index (χ3v) is 3.12. The van der Waals surface area contributed by atoms with Crippen LogP contribution in [0.1, 0.15) is 6.92 Å². The number of nitrogens with one attached hydrogen (secondary N) is 2. The molecule has 3 aromatic rings. The fraction of sp³-hybridized carbons (Fsp3) is 0.200. The second-order valence-corrected chi connectivity index (χ2v) is 4.62. The molecule has 0 aliphatic carbocycles. The van der Waals surface area contributed by atoms with Crippen LogP contribution >= 0.6 is 0 Å². The fourth-order valence-corrected chi connectivity index (χ4v) is 2.08. The minimum absolute atomic E-state index is 0.299. The smallest absolute Gasteiger partial charge is 0.413 e. The van der Waals surface area contributed by atoms with Crippen LogP contribution in [0.5, 0.6) is 6.01 Å². The van der Waals surface area contributed by atoms with Crippen LogP contribution in [0.2, 0.25) is 0 Å². The molecule has 0 saturated carbocycles. The lowest BCUT2D eigenvalue weighted by atomic mass is 10.1. The summed E-state index contributed by atoms with van der Waals surface area (Å²) >= 11 is 0. The highest BCUT2D eigenvalue weighted by Crippen LogP contribution is 2.24. The van der Waals surface area contributed by atoms with E-state index >= 15 is 0 Å². The molecule has 0 bridgehead atoms. The lowest BCUT2D eigenvalue weighted by molar-refractivity contribution is 0.167. The first-order chi connectivity index (χ1) is 11.2. The van der Waals surface area contributed by atoms with E-state index in [0.29, 0.717) is 24.1 Å². The summed E-state index contributed by atoms with van der Waals surface area (Å²) in [6, 6.07) is 5.99. The lowest BCUT2D eigenvalue weighted by Gasteiger charge is -2.01. The first-order valence-electron chi connectivity index (χ1n) is 6.99. The first-order valence-corrected chi connectivity index (χ1v) is 6.99. The van der Waals surface area contributed by atoms with Crippen molar-refractivity contribution >= 4 is 23.1 Å². The van der Waals surface area contributed by atoms with Crippen molar-refractivity contribution in [3.63, 3.8) is 0 Å². The van der Waals surface area contributed by atoms with Gasteiger partial charge in [-0.1, -0.05) is 6.07 Å². The predicted octanol–water partition coefficient (Wildman–Crippen LogP) is 2.60. The van der Waals surface area contributed by atoms with E-state index in [9.17, 15) is 4.79 Å². The number of hydrogen-bond acceptors (Lipinski definition) is 6. The SMILES string of the molecule is CCOC(=O)Nc1nc2cc(-c3cnc(OC)nc3)ccc2[nH]1. The van der Waals surface area contributed by atoms with Gasteiger partial charge in [-0.25, -0.2) is 19.7 Å². The summed E-state index contributed by atoms with van der Waals surface area (Å²) in [7, 11) is 1.52. The number of fused-ring (bicyclic) bond motifs is 1. The lowest BCUT2D eigenvalue weighted by Crippen LogP contribution is -2.14. The third kappa shape index (κ3) is 3.20. The predicted molar refractivity (Wildman–Crippen MR) is 84.3 cm³/mol. The number of benzene rings is 1. The molecule has 1 amide bonds. The quantitative estimate of drug-likeness (QED) is 0.767. The molecule has 0 radical (unpaired) electrons. The van der Waals surface area contributed by atoms with Gasteiger partial charge in [0, 0.05) is 18.0 Å². The van der Waals surface area contributed by atoms with Gasteiger partial charge in [0.1, 0.15) is 0 Å². The zero-order valence-corrected chi connectivity index (χ0v) is 12.7. The molecule has 0 aliphatic rings. The maximum Gasteiger partial charge on any atom is 0.413 e. The topological polar surface area (TPSA) is 102 Å². The molecule has 8 heteroatoms. The third-order valence-electron chi connectivity index (χ3n) is 3.12. The summed E-state index contributed by atoms with van der Waals surface area (Å²) < 4.78 is 9.76. The molecule has 0 spiro atoms. The molecule has 0 fully saturated rings. The molecule has 0 aliphatic heterocycles. The average Bonchev–Trinajstić information content (AvgIpc) is 2.96. The number of imidazole rings is 1. The van der Waals surface area contributed by atoms with Crippen LogP contribution in [0, 0.1) is 0 Å². The van der Waals surface area contributed by atoms with E-state index in [-0.39, 0.29) is 0 Å². The number of methoxy groups -OCH3 is 1. The molecule has 2 heterocycles. The second-order valence-electron chi connectivity index (χ2n) is 4.62. The Bertz CT molecular complexity index is 829. The van der Waals surface area contributed by atoms with Crippen molar-refractivity contribution in [3.05, 3.63) is 30.6 Å². The normalized spacial score (nSPS) is 10.5. The van der Waals surface area contributed by atoms with Gasteiger partial charge in [0.05, 0.1) is 24.8 Å². The van der Waals surface area contributed by atoms with Crippen molar-refractivity contribution in [3.8, 4) is 17.1 Å². The Morgan fingerprint density at radius 1 is 1.26 bits per heavy atom. The molecule has 0 unspecified atom stereocenters. The van der Waals surface area contributed by atoms with Crippen molar-refractivity contribution in [2.24, 2.45) is 0 Å². The monoisotopic (exact) mass is 313 g/mol. The number of carbonyl (C=O) groups excluding carboxylic acids is 1. The molecule has 23 heavy (non-hydrogen) atoms. The van der Waals surface area contributed by atoms with Crippen LogP contribution in [0.3, 0.4) is 0 Å². The van der Waals surface area contributed by atoms with Gasteiger partial charge < -0.3 is 14.5 Å². The van der Waals surface area contributed by atoms with Gasteiger partial charge in [0.2, 0.25) is 5.95 Å². The van der Waals surface area contributed by atoms with Gasteiger partial charge >= 0.3 is 12.1 Å². The van der Waals surface area contributed by atoms with Gasteiger partial charge in [-0.3, -0.25) is 5.32 Å². The minimum atomic E-state index is -0.546. The fourth-order valence-electron chi connectivity index (χ4n) is 2.08. The Morgan fingerprint density at radius 3 is 2.74 bits per heavy atom. The van der Waals surface area contributed by atoms with Gasteiger partial charge in [0.25, 0.3) is 0 Å². The van der Waals surface area contributed by atoms with Crippen LogP contribution in [0.15, 0.2) is 30.6 Å². The number of carbonyl (C=O) groups is 1. The molecule has 2 aromatic heterocycles. The van der Waals surface area contributed by atoms with Crippen molar-refractivity contribution < 1.29 is 14.3 Å². The highest BCUT2D eigenvalue weighted by atomic mass is 16.5. The van der Waals surface area contributed by atoms with Crippen molar-refractivity contribution in [2.45, 2.75) is 6.92 Å². The van der Waals surface area contributed by atoms with E-state index < -0.39 is 6.09 Å². The molecule has 118 valence electrons. The van der Waals surface area contributed by atoms with Crippen LogP contribution < -0.4 is 10.1 Å². The molecule has 1 aromatic carbocycles. The molecule has 2 N–H and O–H groups in total. The summed E-state index contributed by atoms with van der Waals surface area (Å²) in [5.74, 6) is 0.335. The molecule has 0 atom stereocenters. The Morgan fingerprint density at radius 2 is 2.04 bits per heavy atom. The Hall–Kier alpha value is -3.16. The van der Waals surface area contributed by atoms with E-state index in [4.69, 9.17) is 9.47 Å². The molecule has 8 nitrogen and oxygen atoms in total. The summed E-state index contributed by atoms with van der Waals surface area (Å²) in [6.45, 7) is 2.04. The molecular formula is C15H15N5O3. The van der Waals surface area contributed by atoms with Crippen molar-refractivity contribution in [1.82, 2.24) is 19.9 Å². The van der Waals surface area contributed by atoms with E-state index in [1.807, 2.05) is 18.2 Å².